The second-order valence-electron chi connectivity index (χ2n) is 5.90. The monoisotopic (exact) mass is 330 g/mol. The molecule has 7 heteroatoms. The molecule has 2 amide bonds. The normalized spacial score (nSPS) is 17.4. The van der Waals surface area contributed by atoms with Crippen molar-refractivity contribution < 1.29 is 14.0 Å². The number of nitrogens with one attached hydrogen (secondary N) is 2. The molecule has 6 nitrogen and oxygen atoms in total. The van der Waals surface area contributed by atoms with Gasteiger partial charge in [-0.05, 0) is 38.0 Å². The van der Waals surface area contributed by atoms with Gasteiger partial charge in [-0.25, -0.2) is 9.07 Å². The summed E-state index contributed by atoms with van der Waals surface area (Å²) in [4.78, 5) is 23.6. The molecule has 0 spiro atoms. The average molecular weight is 330 g/mol. The minimum absolute atomic E-state index is 0.0141. The maximum Gasteiger partial charge on any atom is 0.271 e. The van der Waals surface area contributed by atoms with Crippen LogP contribution in [0.25, 0.3) is 5.69 Å². The summed E-state index contributed by atoms with van der Waals surface area (Å²) in [5, 5.41) is 9.81. The van der Waals surface area contributed by atoms with Gasteiger partial charge in [0, 0.05) is 24.7 Å². The molecule has 0 radical (unpaired) electrons. The van der Waals surface area contributed by atoms with Crippen LogP contribution in [0.5, 0.6) is 0 Å². The van der Waals surface area contributed by atoms with Crippen LogP contribution in [0, 0.1) is 12.7 Å². The predicted molar refractivity (Wildman–Crippen MR) is 86.4 cm³/mol. The van der Waals surface area contributed by atoms with E-state index in [9.17, 15) is 14.0 Å². The molecule has 1 aliphatic rings. The Morgan fingerprint density at radius 3 is 3.00 bits per heavy atom. The van der Waals surface area contributed by atoms with Crippen molar-refractivity contribution in [2.24, 2.45) is 0 Å². The number of halogens is 1. The van der Waals surface area contributed by atoms with E-state index < -0.39 is 5.82 Å². The number of carbonyl (C=O) groups excluding carboxylic acids is 2. The topological polar surface area (TPSA) is 76.0 Å². The van der Waals surface area contributed by atoms with Gasteiger partial charge in [0.05, 0.1) is 0 Å². The van der Waals surface area contributed by atoms with E-state index in [1.807, 2.05) is 0 Å². The lowest BCUT2D eigenvalue weighted by atomic mass is 10.0. The van der Waals surface area contributed by atoms with Crippen molar-refractivity contribution >= 4 is 11.8 Å². The second kappa shape index (κ2) is 6.82. The van der Waals surface area contributed by atoms with Crippen LogP contribution in [0.15, 0.2) is 30.3 Å². The molecule has 1 saturated heterocycles. The third-order valence-electron chi connectivity index (χ3n) is 4.03. The summed E-state index contributed by atoms with van der Waals surface area (Å²) in [6.07, 6.45) is 2.21. The maximum atomic E-state index is 13.9. The van der Waals surface area contributed by atoms with Crippen LogP contribution in [0.1, 0.15) is 35.4 Å². The highest BCUT2D eigenvalue weighted by atomic mass is 19.1. The van der Waals surface area contributed by atoms with Crippen LogP contribution in [0.3, 0.4) is 0 Å². The fourth-order valence-electron chi connectivity index (χ4n) is 2.79. The number of amides is 2. The van der Waals surface area contributed by atoms with Crippen molar-refractivity contribution in [2.45, 2.75) is 32.2 Å². The van der Waals surface area contributed by atoms with E-state index in [2.05, 4.69) is 15.7 Å². The standard InChI is InChI=1S/C17H19FN4O2/c1-11-9-14(21-22(11)15-7-3-2-6-13(15)18)17(24)19-10-12-5-4-8-16(23)20-12/h2-3,6-7,9,12H,4-5,8,10H2,1H3,(H,19,24)(H,20,23)/t12-/m1/s1. The number of hydrogen-bond acceptors (Lipinski definition) is 3. The Labute approximate surface area is 139 Å². The zero-order valence-electron chi connectivity index (χ0n) is 13.4. The molecule has 1 aliphatic heterocycles. The van der Waals surface area contributed by atoms with Gasteiger partial charge < -0.3 is 10.6 Å². The lowest BCUT2D eigenvalue weighted by Crippen LogP contribution is -2.46. The molecule has 2 N–H and O–H groups in total. The Morgan fingerprint density at radius 1 is 1.46 bits per heavy atom. The van der Waals surface area contributed by atoms with Gasteiger partial charge in [0.15, 0.2) is 5.69 Å². The number of benzene rings is 1. The SMILES string of the molecule is Cc1cc(C(=O)NC[C@H]2CCCC(=O)N2)nn1-c1ccccc1F. The molecular weight excluding hydrogens is 311 g/mol. The van der Waals surface area contributed by atoms with Gasteiger partial charge in [0.1, 0.15) is 11.5 Å². The molecule has 0 aliphatic carbocycles. The van der Waals surface area contributed by atoms with E-state index in [0.29, 0.717) is 24.3 Å². The summed E-state index contributed by atoms with van der Waals surface area (Å²) >= 11 is 0. The van der Waals surface area contributed by atoms with Gasteiger partial charge in [0.2, 0.25) is 5.91 Å². The molecule has 126 valence electrons. The van der Waals surface area contributed by atoms with E-state index >= 15 is 0 Å². The Morgan fingerprint density at radius 2 is 2.25 bits per heavy atom. The molecular formula is C17H19FN4O2. The van der Waals surface area contributed by atoms with Crippen LogP contribution in [-0.4, -0.2) is 34.2 Å². The first kappa shape index (κ1) is 16.2. The van der Waals surface area contributed by atoms with Crippen molar-refractivity contribution in [3.05, 3.63) is 47.5 Å². The molecule has 1 atom stereocenters. The number of aromatic nitrogens is 2. The summed E-state index contributed by atoms with van der Waals surface area (Å²) in [6, 6.07) is 7.83. The fraction of sp³-hybridized carbons (Fsp3) is 0.353. The Hall–Kier alpha value is -2.70. The smallest absolute Gasteiger partial charge is 0.271 e. The van der Waals surface area contributed by atoms with Gasteiger partial charge >= 0.3 is 0 Å². The lowest BCUT2D eigenvalue weighted by Gasteiger charge is -2.23. The van der Waals surface area contributed by atoms with E-state index in [4.69, 9.17) is 0 Å². The summed E-state index contributed by atoms with van der Waals surface area (Å²) in [6.45, 7) is 2.12. The maximum absolute atomic E-state index is 13.9. The summed E-state index contributed by atoms with van der Waals surface area (Å²) < 4.78 is 15.3. The van der Waals surface area contributed by atoms with E-state index in [1.165, 1.54) is 10.7 Å². The van der Waals surface area contributed by atoms with Gasteiger partial charge in [-0.2, -0.15) is 5.10 Å². The third kappa shape index (κ3) is 3.45. The highest BCUT2D eigenvalue weighted by molar-refractivity contribution is 5.92. The van der Waals surface area contributed by atoms with E-state index in [-0.39, 0.29) is 23.6 Å². The highest BCUT2D eigenvalue weighted by Crippen LogP contribution is 2.15. The molecule has 1 fully saturated rings. The van der Waals surface area contributed by atoms with Crippen LogP contribution in [-0.2, 0) is 4.79 Å². The van der Waals surface area contributed by atoms with Crippen molar-refractivity contribution in [3.8, 4) is 5.69 Å². The van der Waals surface area contributed by atoms with Gasteiger partial charge in [-0.1, -0.05) is 12.1 Å². The van der Waals surface area contributed by atoms with Crippen LogP contribution < -0.4 is 10.6 Å². The molecule has 0 bridgehead atoms. The number of hydrogen-bond donors (Lipinski definition) is 2. The first-order valence-corrected chi connectivity index (χ1v) is 7.94. The van der Waals surface area contributed by atoms with Crippen LogP contribution >= 0.6 is 0 Å². The predicted octanol–water partition coefficient (Wildman–Crippen LogP) is 1.72. The summed E-state index contributed by atoms with van der Waals surface area (Å²) in [5.74, 6) is -0.728. The van der Waals surface area contributed by atoms with Crippen molar-refractivity contribution in [1.29, 1.82) is 0 Å². The largest absolute Gasteiger partial charge is 0.352 e. The van der Waals surface area contributed by atoms with E-state index in [1.54, 1.807) is 31.2 Å². The van der Waals surface area contributed by atoms with Crippen molar-refractivity contribution in [2.75, 3.05) is 6.54 Å². The molecule has 24 heavy (non-hydrogen) atoms. The number of aryl methyl sites for hydroxylation is 1. The number of piperidine rings is 1. The van der Waals surface area contributed by atoms with Crippen LogP contribution in [0.2, 0.25) is 0 Å². The quantitative estimate of drug-likeness (QED) is 0.896. The van der Waals surface area contributed by atoms with Gasteiger partial charge in [0.25, 0.3) is 5.91 Å². The van der Waals surface area contributed by atoms with Gasteiger partial charge in [-0.3, -0.25) is 9.59 Å². The zero-order valence-corrected chi connectivity index (χ0v) is 13.4. The average Bonchev–Trinajstić information content (AvgIpc) is 2.95. The number of para-hydroxylation sites is 1. The Kier molecular flexibility index (Phi) is 4.59. The zero-order chi connectivity index (χ0) is 17.1. The second-order valence-corrected chi connectivity index (χ2v) is 5.90. The van der Waals surface area contributed by atoms with Gasteiger partial charge in [-0.15, -0.1) is 0 Å². The number of carbonyl (C=O) groups is 2. The number of rotatable bonds is 4. The summed E-state index contributed by atoms with van der Waals surface area (Å²) in [7, 11) is 0. The molecule has 2 aromatic rings. The third-order valence-corrected chi connectivity index (χ3v) is 4.03. The first-order chi connectivity index (χ1) is 11.5. The molecule has 2 heterocycles. The minimum Gasteiger partial charge on any atom is -0.352 e. The Bertz CT molecular complexity index is 772. The van der Waals surface area contributed by atoms with E-state index in [0.717, 1.165) is 12.8 Å². The molecule has 3 rings (SSSR count). The molecule has 1 aromatic carbocycles. The van der Waals surface area contributed by atoms with Crippen LogP contribution in [0.4, 0.5) is 4.39 Å². The molecule has 1 aromatic heterocycles. The number of nitrogens with zero attached hydrogens (tertiary/aromatic N) is 2. The molecule has 0 unspecified atom stereocenters. The molecule has 0 saturated carbocycles. The Balaban J connectivity index is 1.69. The highest BCUT2D eigenvalue weighted by Gasteiger charge is 2.20. The lowest BCUT2D eigenvalue weighted by molar-refractivity contribution is -0.123. The van der Waals surface area contributed by atoms with Crippen molar-refractivity contribution in [1.82, 2.24) is 20.4 Å². The minimum atomic E-state index is -0.402. The summed E-state index contributed by atoms with van der Waals surface area (Å²) in [5.41, 5.74) is 1.18. The first-order valence-electron chi connectivity index (χ1n) is 7.94. The fourth-order valence-corrected chi connectivity index (χ4v) is 2.79. The van der Waals surface area contributed by atoms with Crippen molar-refractivity contribution in [3.63, 3.8) is 0 Å².